The Morgan fingerprint density at radius 1 is 1.45 bits per heavy atom. The van der Waals surface area contributed by atoms with E-state index in [1.165, 1.54) is 0 Å². The summed E-state index contributed by atoms with van der Waals surface area (Å²) in [6.45, 7) is 7.62. The zero-order valence-electron chi connectivity index (χ0n) is 12.6. The van der Waals surface area contributed by atoms with Crippen molar-refractivity contribution in [3.8, 4) is 5.75 Å². The summed E-state index contributed by atoms with van der Waals surface area (Å²) in [5.41, 5.74) is 6.93. The molecule has 20 heavy (non-hydrogen) atoms. The summed E-state index contributed by atoms with van der Waals surface area (Å²) in [5, 5.41) is 12.5. The molecule has 0 aliphatic rings. The van der Waals surface area contributed by atoms with Crippen LogP contribution in [0.15, 0.2) is 18.2 Å². The normalized spacial score (nSPS) is 12.8. The van der Waals surface area contributed by atoms with E-state index in [2.05, 4.69) is 5.32 Å². The van der Waals surface area contributed by atoms with Crippen molar-refractivity contribution >= 4 is 6.09 Å². The number of benzene rings is 1. The van der Waals surface area contributed by atoms with Crippen molar-refractivity contribution in [1.29, 1.82) is 0 Å². The van der Waals surface area contributed by atoms with Crippen LogP contribution in [0.4, 0.5) is 4.79 Å². The topological polar surface area (TPSA) is 84.6 Å². The fraction of sp³-hybridized carbons (Fsp3) is 0.533. The summed E-state index contributed by atoms with van der Waals surface area (Å²) in [6.07, 6.45) is -0.0384. The Labute approximate surface area is 120 Å². The molecule has 1 amide bonds. The van der Waals surface area contributed by atoms with Crippen LogP contribution < -0.4 is 11.1 Å². The van der Waals surface area contributed by atoms with E-state index in [1.807, 2.05) is 19.1 Å². The molecule has 0 bridgehead atoms. The third-order valence-corrected chi connectivity index (χ3v) is 2.71. The van der Waals surface area contributed by atoms with Gasteiger partial charge in [0.1, 0.15) is 11.4 Å². The number of ether oxygens (including phenoxy) is 1. The van der Waals surface area contributed by atoms with E-state index in [-0.39, 0.29) is 18.3 Å². The Morgan fingerprint density at radius 3 is 2.65 bits per heavy atom. The van der Waals surface area contributed by atoms with Crippen LogP contribution in [-0.4, -0.2) is 29.4 Å². The molecule has 0 saturated heterocycles. The Kier molecular flexibility index (Phi) is 5.39. The molecule has 0 fully saturated rings. The molecule has 0 aliphatic carbocycles. The molecule has 0 aliphatic heterocycles. The van der Waals surface area contributed by atoms with Crippen LogP contribution in [-0.2, 0) is 11.2 Å². The number of hydrogen-bond donors (Lipinski definition) is 3. The van der Waals surface area contributed by atoms with Gasteiger partial charge in [-0.15, -0.1) is 0 Å². The average molecular weight is 280 g/mol. The van der Waals surface area contributed by atoms with Gasteiger partial charge in [0, 0.05) is 12.6 Å². The molecule has 0 aromatic heterocycles. The first kappa shape index (κ1) is 16.3. The number of phenolic OH excluding ortho intramolecular Hbond substituents is 1. The van der Waals surface area contributed by atoms with E-state index < -0.39 is 11.7 Å². The number of carbonyl (C=O) groups is 1. The molecular weight excluding hydrogens is 256 g/mol. The van der Waals surface area contributed by atoms with E-state index in [0.29, 0.717) is 6.42 Å². The van der Waals surface area contributed by atoms with Crippen LogP contribution in [0.3, 0.4) is 0 Å². The zero-order chi connectivity index (χ0) is 15.3. The third kappa shape index (κ3) is 5.48. The standard InChI is InChI=1S/C15H24N2O3/c1-10-5-6-13(18)11(7-10)8-12(9-16)17-14(19)20-15(2,3)4/h5-7,12,18H,8-9,16H2,1-4H3,(H,17,19). The van der Waals surface area contributed by atoms with Gasteiger partial charge in [-0.1, -0.05) is 17.7 Å². The van der Waals surface area contributed by atoms with Crippen LogP contribution in [0.2, 0.25) is 0 Å². The Hall–Kier alpha value is -1.75. The molecule has 5 nitrogen and oxygen atoms in total. The smallest absolute Gasteiger partial charge is 0.407 e. The maximum atomic E-state index is 11.7. The number of rotatable bonds is 4. The lowest BCUT2D eigenvalue weighted by Crippen LogP contribution is -2.44. The second-order valence-corrected chi connectivity index (χ2v) is 5.92. The lowest BCUT2D eigenvalue weighted by Gasteiger charge is -2.23. The van der Waals surface area contributed by atoms with Gasteiger partial charge in [0.2, 0.25) is 0 Å². The fourth-order valence-corrected chi connectivity index (χ4v) is 1.81. The monoisotopic (exact) mass is 280 g/mol. The summed E-state index contributed by atoms with van der Waals surface area (Å²) < 4.78 is 5.19. The number of aryl methyl sites for hydroxylation is 1. The first-order chi connectivity index (χ1) is 9.21. The maximum absolute atomic E-state index is 11.7. The molecular formula is C15H24N2O3. The lowest BCUT2D eigenvalue weighted by atomic mass is 10.0. The minimum atomic E-state index is -0.547. The number of aromatic hydroxyl groups is 1. The van der Waals surface area contributed by atoms with E-state index in [1.54, 1.807) is 26.8 Å². The third-order valence-electron chi connectivity index (χ3n) is 2.71. The van der Waals surface area contributed by atoms with Crippen molar-refractivity contribution in [2.75, 3.05) is 6.54 Å². The van der Waals surface area contributed by atoms with Gasteiger partial charge in [0.05, 0.1) is 0 Å². The Balaban J connectivity index is 2.68. The van der Waals surface area contributed by atoms with Crippen molar-refractivity contribution < 1.29 is 14.6 Å². The number of nitrogens with one attached hydrogen (secondary N) is 1. The zero-order valence-corrected chi connectivity index (χ0v) is 12.6. The average Bonchev–Trinajstić information content (AvgIpc) is 2.30. The molecule has 0 heterocycles. The molecule has 0 saturated carbocycles. The highest BCUT2D eigenvalue weighted by atomic mass is 16.6. The number of carbonyl (C=O) groups excluding carboxylic acids is 1. The minimum absolute atomic E-state index is 0.208. The maximum Gasteiger partial charge on any atom is 0.407 e. The quantitative estimate of drug-likeness (QED) is 0.788. The number of hydrogen-bond acceptors (Lipinski definition) is 4. The second kappa shape index (κ2) is 6.61. The van der Waals surface area contributed by atoms with Gasteiger partial charge in [-0.3, -0.25) is 0 Å². The van der Waals surface area contributed by atoms with Crippen LogP contribution in [0.25, 0.3) is 0 Å². The van der Waals surface area contributed by atoms with E-state index in [4.69, 9.17) is 10.5 Å². The van der Waals surface area contributed by atoms with Gasteiger partial charge in [0.25, 0.3) is 0 Å². The molecule has 0 spiro atoms. The predicted molar refractivity (Wildman–Crippen MR) is 78.8 cm³/mol. The molecule has 1 atom stereocenters. The largest absolute Gasteiger partial charge is 0.508 e. The fourth-order valence-electron chi connectivity index (χ4n) is 1.81. The van der Waals surface area contributed by atoms with E-state index in [9.17, 15) is 9.90 Å². The molecule has 4 N–H and O–H groups in total. The summed E-state index contributed by atoms with van der Waals surface area (Å²) in [5.74, 6) is 0.208. The van der Waals surface area contributed by atoms with Crippen molar-refractivity contribution in [3.05, 3.63) is 29.3 Å². The number of alkyl carbamates (subject to hydrolysis) is 1. The van der Waals surface area contributed by atoms with E-state index in [0.717, 1.165) is 11.1 Å². The van der Waals surface area contributed by atoms with Gasteiger partial charge >= 0.3 is 6.09 Å². The van der Waals surface area contributed by atoms with Crippen molar-refractivity contribution in [2.45, 2.75) is 45.8 Å². The first-order valence-corrected chi connectivity index (χ1v) is 6.69. The van der Waals surface area contributed by atoms with Gasteiger partial charge in [-0.2, -0.15) is 0 Å². The number of nitrogens with two attached hydrogens (primary N) is 1. The predicted octanol–water partition coefficient (Wildman–Crippen LogP) is 2.10. The van der Waals surface area contributed by atoms with Crippen LogP contribution >= 0.6 is 0 Å². The highest BCUT2D eigenvalue weighted by molar-refractivity contribution is 5.68. The molecule has 5 heteroatoms. The molecule has 1 aromatic carbocycles. The van der Waals surface area contributed by atoms with E-state index >= 15 is 0 Å². The van der Waals surface area contributed by atoms with Gasteiger partial charge in [0.15, 0.2) is 0 Å². The van der Waals surface area contributed by atoms with Crippen LogP contribution in [0.1, 0.15) is 31.9 Å². The Bertz CT molecular complexity index is 467. The van der Waals surface area contributed by atoms with Gasteiger partial charge in [-0.05, 0) is 45.7 Å². The van der Waals surface area contributed by atoms with Crippen molar-refractivity contribution in [2.24, 2.45) is 5.73 Å². The summed E-state index contributed by atoms with van der Waals surface area (Å²) in [6, 6.07) is 5.08. The van der Waals surface area contributed by atoms with Gasteiger partial charge < -0.3 is 20.9 Å². The SMILES string of the molecule is Cc1ccc(O)c(CC(CN)NC(=O)OC(C)(C)C)c1. The van der Waals surface area contributed by atoms with Gasteiger partial charge in [-0.25, -0.2) is 4.79 Å². The number of amides is 1. The summed E-state index contributed by atoms with van der Waals surface area (Å²) in [7, 11) is 0. The molecule has 112 valence electrons. The highest BCUT2D eigenvalue weighted by Gasteiger charge is 2.19. The lowest BCUT2D eigenvalue weighted by molar-refractivity contribution is 0.0505. The first-order valence-electron chi connectivity index (χ1n) is 6.69. The van der Waals surface area contributed by atoms with Crippen molar-refractivity contribution in [1.82, 2.24) is 5.32 Å². The highest BCUT2D eigenvalue weighted by Crippen LogP contribution is 2.19. The number of phenols is 1. The molecule has 1 aromatic rings. The molecule has 0 radical (unpaired) electrons. The minimum Gasteiger partial charge on any atom is -0.508 e. The Morgan fingerprint density at radius 2 is 2.10 bits per heavy atom. The van der Waals surface area contributed by atoms with Crippen LogP contribution in [0, 0.1) is 6.92 Å². The molecule has 1 unspecified atom stereocenters. The summed E-state index contributed by atoms with van der Waals surface area (Å²) in [4.78, 5) is 11.7. The second-order valence-electron chi connectivity index (χ2n) is 5.92. The summed E-state index contributed by atoms with van der Waals surface area (Å²) >= 11 is 0. The van der Waals surface area contributed by atoms with Crippen molar-refractivity contribution in [3.63, 3.8) is 0 Å². The van der Waals surface area contributed by atoms with Crippen LogP contribution in [0.5, 0.6) is 5.75 Å². The molecule has 1 rings (SSSR count).